The standard InChI is InChI=1S/C14H22N2O2S/c1-3-18-13(17)14(2,15)9-5-7-11-19-12-8-4-6-10-16-12/h4,6,8,10H,3,5,7,9,11,15H2,1-2H3. The first-order valence-electron chi connectivity index (χ1n) is 6.56. The molecule has 0 aliphatic carbocycles. The second-order valence-electron chi connectivity index (χ2n) is 4.61. The molecule has 2 N–H and O–H groups in total. The quantitative estimate of drug-likeness (QED) is 0.451. The summed E-state index contributed by atoms with van der Waals surface area (Å²) < 4.78 is 4.95. The van der Waals surface area contributed by atoms with E-state index in [1.807, 2.05) is 18.2 Å². The van der Waals surface area contributed by atoms with Crippen molar-refractivity contribution >= 4 is 17.7 Å². The SMILES string of the molecule is CCOC(=O)C(C)(N)CCCCSc1ccccn1. The third kappa shape index (κ3) is 6.07. The zero-order chi connectivity index (χ0) is 14.1. The van der Waals surface area contributed by atoms with Gasteiger partial charge in [0.05, 0.1) is 11.6 Å². The summed E-state index contributed by atoms with van der Waals surface area (Å²) in [6.45, 7) is 3.90. The number of ether oxygens (including phenoxy) is 1. The van der Waals surface area contributed by atoms with E-state index in [0.29, 0.717) is 13.0 Å². The van der Waals surface area contributed by atoms with Crippen LogP contribution in [0.1, 0.15) is 33.1 Å². The lowest BCUT2D eigenvalue weighted by atomic mass is 9.96. The maximum Gasteiger partial charge on any atom is 0.325 e. The zero-order valence-corrected chi connectivity index (χ0v) is 12.4. The number of unbranched alkanes of at least 4 members (excludes halogenated alkanes) is 1. The molecule has 5 heteroatoms. The maximum absolute atomic E-state index is 11.6. The van der Waals surface area contributed by atoms with Crippen LogP contribution in [0.2, 0.25) is 0 Å². The van der Waals surface area contributed by atoms with Gasteiger partial charge < -0.3 is 10.5 Å². The van der Waals surface area contributed by atoms with E-state index < -0.39 is 5.54 Å². The highest BCUT2D eigenvalue weighted by molar-refractivity contribution is 7.99. The molecule has 4 nitrogen and oxygen atoms in total. The Bertz CT molecular complexity index is 382. The molecule has 0 saturated carbocycles. The Hall–Kier alpha value is -1.07. The van der Waals surface area contributed by atoms with Gasteiger partial charge in [0.15, 0.2) is 0 Å². The van der Waals surface area contributed by atoms with Crippen molar-refractivity contribution in [2.24, 2.45) is 5.73 Å². The Kier molecular flexibility index (Phi) is 6.87. The van der Waals surface area contributed by atoms with Crippen molar-refractivity contribution < 1.29 is 9.53 Å². The van der Waals surface area contributed by atoms with Gasteiger partial charge in [0.25, 0.3) is 0 Å². The van der Waals surface area contributed by atoms with Gasteiger partial charge >= 0.3 is 5.97 Å². The lowest BCUT2D eigenvalue weighted by Gasteiger charge is -2.21. The second kappa shape index (κ2) is 8.17. The van der Waals surface area contributed by atoms with Crippen LogP contribution in [0.4, 0.5) is 0 Å². The number of hydrogen-bond acceptors (Lipinski definition) is 5. The number of nitrogens with two attached hydrogens (primary N) is 1. The van der Waals surface area contributed by atoms with Crippen LogP contribution in [0.5, 0.6) is 0 Å². The number of pyridine rings is 1. The minimum Gasteiger partial charge on any atom is -0.465 e. The van der Waals surface area contributed by atoms with Gasteiger partial charge in [-0.05, 0) is 44.6 Å². The third-order valence-electron chi connectivity index (χ3n) is 2.72. The molecule has 106 valence electrons. The Labute approximate surface area is 119 Å². The molecule has 0 radical (unpaired) electrons. The van der Waals surface area contributed by atoms with Crippen molar-refractivity contribution in [2.45, 2.75) is 43.7 Å². The molecule has 19 heavy (non-hydrogen) atoms. The number of nitrogens with zero attached hydrogens (tertiary/aromatic N) is 1. The molecule has 0 fully saturated rings. The molecule has 1 aromatic heterocycles. The zero-order valence-electron chi connectivity index (χ0n) is 11.6. The van der Waals surface area contributed by atoms with E-state index in [4.69, 9.17) is 10.5 Å². The second-order valence-corrected chi connectivity index (χ2v) is 5.73. The van der Waals surface area contributed by atoms with Gasteiger partial charge in [-0.15, -0.1) is 11.8 Å². The molecule has 0 aliphatic rings. The Balaban J connectivity index is 2.18. The van der Waals surface area contributed by atoms with Crippen LogP contribution in [-0.4, -0.2) is 28.9 Å². The maximum atomic E-state index is 11.6. The molecule has 0 aliphatic heterocycles. The summed E-state index contributed by atoms with van der Waals surface area (Å²) in [7, 11) is 0. The van der Waals surface area contributed by atoms with E-state index >= 15 is 0 Å². The minimum absolute atomic E-state index is 0.313. The monoisotopic (exact) mass is 282 g/mol. The Morgan fingerprint density at radius 3 is 2.89 bits per heavy atom. The van der Waals surface area contributed by atoms with Crippen LogP contribution in [0.15, 0.2) is 29.4 Å². The van der Waals surface area contributed by atoms with Crippen LogP contribution < -0.4 is 5.73 Å². The number of carbonyl (C=O) groups excluding carboxylic acids is 1. The van der Waals surface area contributed by atoms with Gasteiger partial charge in [-0.3, -0.25) is 4.79 Å². The minimum atomic E-state index is -0.869. The fourth-order valence-corrected chi connectivity index (χ4v) is 2.47. The summed E-state index contributed by atoms with van der Waals surface area (Å²) in [5.41, 5.74) is 5.08. The van der Waals surface area contributed by atoms with Crippen molar-refractivity contribution in [2.75, 3.05) is 12.4 Å². The highest BCUT2D eigenvalue weighted by Gasteiger charge is 2.28. The normalized spacial score (nSPS) is 13.8. The van der Waals surface area contributed by atoms with Crippen molar-refractivity contribution in [3.63, 3.8) is 0 Å². The van der Waals surface area contributed by atoms with Crippen LogP contribution in [0.3, 0.4) is 0 Å². The van der Waals surface area contributed by atoms with Crippen molar-refractivity contribution in [3.8, 4) is 0 Å². The topological polar surface area (TPSA) is 65.2 Å². The molecular formula is C14H22N2O2S. The van der Waals surface area contributed by atoms with Gasteiger partial charge in [0, 0.05) is 6.20 Å². The van der Waals surface area contributed by atoms with Gasteiger partial charge in [-0.2, -0.15) is 0 Å². The first kappa shape index (κ1) is 16.0. The number of rotatable bonds is 8. The van der Waals surface area contributed by atoms with Crippen LogP contribution >= 0.6 is 11.8 Å². The molecule has 1 atom stereocenters. The van der Waals surface area contributed by atoms with Gasteiger partial charge in [0.2, 0.25) is 0 Å². The van der Waals surface area contributed by atoms with E-state index in [2.05, 4.69) is 4.98 Å². The molecule has 1 heterocycles. The highest BCUT2D eigenvalue weighted by atomic mass is 32.2. The fraction of sp³-hybridized carbons (Fsp3) is 0.571. The average Bonchev–Trinajstić information content (AvgIpc) is 2.39. The van der Waals surface area contributed by atoms with Crippen molar-refractivity contribution in [3.05, 3.63) is 24.4 Å². The van der Waals surface area contributed by atoms with E-state index in [-0.39, 0.29) is 5.97 Å². The molecular weight excluding hydrogens is 260 g/mol. The van der Waals surface area contributed by atoms with Gasteiger partial charge in [0.1, 0.15) is 5.54 Å². The first-order valence-corrected chi connectivity index (χ1v) is 7.55. The summed E-state index contributed by atoms with van der Waals surface area (Å²) in [5.74, 6) is 0.669. The number of carbonyl (C=O) groups is 1. The lowest BCUT2D eigenvalue weighted by Crippen LogP contribution is -2.46. The fourth-order valence-electron chi connectivity index (χ4n) is 1.60. The molecule has 0 amide bonds. The number of aromatic nitrogens is 1. The summed E-state index contributed by atoms with van der Waals surface area (Å²) in [6.07, 6.45) is 4.35. The van der Waals surface area contributed by atoms with Gasteiger partial charge in [-0.1, -0.05) is 12.5 Å². The van der Waals surface area contributed by atoms with Gasteiger partial charge in [-0.25, -0.2) is 4.98 Å². The molecule has 0 aromatic carbocycles. The summed E-state index contributed by atoms with van der Waals surface area (Å²) in [5, 5.41) is 1.03. The Morgan fingerprint density at radius 1 is 1.47 bits per heavy atom. The number of thioether (sulfide) groups is 1. The average molecular weight is 282 g/mol. The molecule has 1 aromatic rings. The van der Waals surface area contributed by atoms with E-state index in [0.717, 1.165) is 23.6 Å². The number of hydrogen-bond donors (Lipinski definition) is 1. The lowest BCUT2D eigenvalue weighted by molar-refractivity contribution is -0.149. The molecule has 0 bridgehead atoms. The summed E-state index contributed by atoms with van der Waals surface area (Å²) in [6, 6.07) is 5.88. The summed E-state index contributed by atoms with van der Waals surface area (Å²) in [4.78, 5) is 15.8. The van der Waals surface area contributed by atoms with E-state index in [1.165, 1.54) is 0 Å². The van der Waals surface area contributed by atoms with Crippen molar-refractivity contribution in [1.29, 1.82) is 0 Å². The summed E-state index contributed by atoms with van der Waals surface area (Å²) >= 11 is 1.72. The molecule has 1 unspecified atom stereocenters. The molecule has 0 spiro atoms. The number of esters is 1. The predicted octanol–water partition coefficient (Wildman–Crippen LogP) is 2.62. The molecule has 1 rings (SSSR count). The molecule has 0 saturated heterocycles. The van der Waals surface area contributed by atoms with Crippen LogP contribution in [-0.2, 0) is 9.53 Å². The van der Waals surface area contributed by atoms with Crippen LogP contribution in [0, 0.1) is 0 Å². The highest BCUT2D eigenvalue weighted by Crippen LogP contribution is 2.18. The van der Waals surface area contributed by atoms with E-state index in [9.17, 15) is 4.79 Å². The van der Waals surface area contributed by atoms with Crippen molar-refractivity contribution in [1.82, 2.24) is 4.98 Å². The Morgan fingerprint density at radius 2 is 2.26 bits per heavy atom. The smallest absolute Gasteiger partial charge is 0.325 e. The largest absolute Gasteiger partial charge is 0.465 e. The van der Waals surface area contributed by atoms with E-state index in [1.54, 1.807) is 31.8 Å². The third-order valence-corrected chi connectivity index (χ3v) is 3.75. The van der Waals surface area contributed by atoms with Crippen LogP contribution in [0.25, 0.3) is 0 Å². The predicted molar refractivity (Wildman–Crippen MR) is 78.0 cm³/mol. The first-order chi connectivity index (χ1) is 9.06.